The van der Waals surface area contributed by atoms with Gasteiger partial charge in [0, 0.05) is 18.3 Å². The lowest BCUT2D eigenvalue weighted by atomic mass is 9.92. The molecule has 1 heterocycles. The van der Waals surface area contributed by atoms with Crippen molar-refractivity contribution >= 4 is 29.4 Å². The highest BCUT2D eigenvalue weighted by atomic mass is 16.2. The van der Waals surface area contributed by atoms with Crippen molar-refractivity contribution in [3.05, 3.63) is 65.2 Å². The van der Waals surface area contributed by atoms with Crippen molar-refractivity contribution in [2.75, 3.05) is 18.9 Å². The molecule has 1 aliphatic carbocycles. The molecule has 0 bridgehead atoms. The van der Waals surface area contributed by atoms with E-state index in [1.165, 1.54) is 7.05 Å². The van der Waals surface area contributed by atoms with Gasteiger partial charge in [-0.3, -0.25) is 19.3 Å². The summed E-state index contributed by atoms with van der Waals surface area (Å²) in [5.74, 6) is -1.13. The molecule has 2 aromatic rings. The van der Waals surface area contributed by atoms with Crippen LogP contribution in [0.5, 0.6) is 0 Å². The highest BCUT2D eigenvalue weighted by Crippen LogP contribution is 2.41. The quantitative estimate of drug-likeness (QED) is 0.683. The van der Waals surface area contributed by atoms with E-state index >= 15 is 0 Å². The Hall–Kier alpha value is -3.68. The summed E-state index contributed by atoms with van der Waals surface area (Å²) in [4.78, 5) is 50.5. The zero-order valence-corrected chi connectivity index (χ0v) is 15.8. The molecule has 1 aliphatic heterocycles. The smallest absolute Gasteiger partial charge is 0.325 e. The summed E-state index contributed by atoms with van der Waals surface area (Å²) in [7, 11) is 1.53. The Labute approximate surface area is 167 Å². The number of urea groups is 1. The van der Waals surface area contributed by atoms with Gasteiger partial charge in [-0.05, 0) is 48.2 Å². The second-order valence-corrected chi connectivity index (χ2v) is 7.09. The van der Waals surface area contributed by atoms with Crippen LogP contribution in [0.3, 0.4) is 0 Å². The molecule has 8 heteroatoms. The summed E-state index contributed by atoms with van der Waals surface area (Å²) in [6.45, 7) is -0.383. The van der Waals surface area contributed by atoms with Crippen LogP contribution >= 0.6 is 0 Å². The summed E-state index contributed by atoms with van der Waals surface area (Å²) in [5.41, 5.74) is 1.68. The van der Waals surface area contributed by atoms with Crippen molar-refractivity contribution in [3.8, 4) is 0 Å². The maximum atomic E-state index is 13.1. The van der Waals surface area contributed by atoms with E-state index in [4.69, 9.17) is 0 Å². The molecule has 29 heavy (non-hydrogen) atoms. The average Bonchev–Trinajstić information content (AvgIpc) is 3.21. The Morgan fingerprint density at radius 2 is 1.83 bits per heavy atom. The van der Waals surface area contributed by atoms with E-state index in [0.717, 1.165) is 16.0 Å². The maximum Gasteiger partial charge on any atom is 0.325 e. The fourth-order valence-electron chi connectivity index (χ4n) is 3.93. The minimum atomic E-state index is -1.08. The number of nitrogens with one attached hydrogen (secondary N) is 3. The molecule has 1 fully saturated rings. The summed E-state index contributed by atoms with van der Waals surface area (Å²) in [5, 5.41) is 7.96. The number of imide groups is 1. The first-order valence-corrected chi connectivity index (χ1v) is 9.29. The number of fused-ring (bicyclic) bond motifs is 2. The Morgan fingerprint density at radius 3 is 2.55 bits per heavy atom. The van der Waals surface area contributed by atoms with Gasteiger partial charge in [-0.1, -0.05) is 24.3 Å². The molecule has 3 N–H and O–H groups in total. The van der Waals surface area contributed by atoms with Gasteiger partial charge in [-0.25, -0.2) is 4.79 Å². The van der Waals surface area contributed by atoms with Crippen LogP contribution in [0.25, 0.3) is 0 Å². The Kier molecular flexibility index (Phi) is 4.54. The van der Waals surface area contributed by atoms with Crippen molar-refractivity contribution in [3.63, 3.8) is 0 Å². The minimum Gasteiger partial charge on any atom is -0.355 e. The van der Waals surface area contributed by atoms with Gasteiger partial charge < -0.3 is 16.0 Å². The number of hydrogen-bond donors (Lipinski definition) is 3. The van der Waals surface area contributed by atoms with E-state index < -0.39 is 23.4 Å². The first-order chi connectivity index (χ1) is 13.9. The summed E-state index contributed by atoms with van der Waals surface area (Å²) in [6.07, 6.45) is 1.18. The van der Waals surface area contributed by atoms with E-state index in [0.29, 0.717) is 24.1 Å². The molecule has 1 spiro atoms. The Bertz CT molecular complexity index is 1020. The standard InChI is InChI=1S/C21H20N4O4/c1-22-18(27)14-6-8-15(9-7-14)23-17(26)12-25-19(28)21(24-20(25)29)11-10-13-4-2-3-5-16(13)21/h2-9H,10-12H2,1H3,(H,22,27)(H,23,26)(H,24,29)/t21-/m1/s1. The predicted octanol–water partition coefficient (Wildman–Crippen LogP) is 1.38. The summed E-state index contributed by atoms with van der Waals surface area (Å²) < 4.78 is 0. The molecule has 0 radical (unpaired) electrons. The lowest BCUT2D eigenvalue weighted by molar-refractivity contribution is -0.134. The first kappa shape index (κ1) is 18.7. The third kappa shape index (κ3) is 3.12. The van der Waals surface area contributed by atoms with Crippen molar-refractivity contribution in [2.24, 2.45) is 0 Å². The number of anilines is 1. The Morgan fingerprint density at radius 1 is 1.10 bits per heavy atom. The molecule has 5 amide bonds. The van der Waals surface area contributed by atoms with E-state index in [1.54, 1.807) is 24.3 Å². The van der Waals surface area contributed by atoms with Crippen LogP contribution in [0.2, 0.25) is 0 Å². The highest BCUT2D eigenvalue weighted by molar-refractivity contribution is 6.11. The van der Waals surface area contributed by atoms with Gasteiger partial charge in [0.15, 0.2) is 0 Å². The van der Waals surface area contributed by atoms with Crippen LogP contribution < -0.4 is 16.0 Å². The number of rotatable bonds is 4. The normalized spacial score (nSPS) is 19.8. The number of aryl methyl sites for hydroxylation is 1. The van der Waals surface area contributed by atoms with Crippen LogP contribution in [0.1, 0.15) is 27.9 Å². The number of benzene rings is 2. The number of hydrogen-bond acceptors (Lipinski definition) is 4. The lowest BCUT2D eigenvalue weighted by Gasteiger charge is -2.22. The van der Waals surface area contributed by atoms with Crippen molar-refractivity contribution in [2.45, 2.75) is 18.4 Å². The highest BCUT2D eigenvalue weighted by Gasteiger charge is 2.55. The fraction of sp³-hybridized carbons (Fsp3) is 0.238. The van der Waals surface area contributed by atoms with Gasteiger partial charge in [0.25, 0.3) is 11.8 Å². The zero-order chi connectivity index (χ0) is 20.6. The molecule has 1 saturated heterocycles. The minimum absolute atomic E-state index is 0.232. The lowest BCUT2D eigenvalue weighted by Crippen LogP contribution is -2.43. The number of nitrogens with zero attached hydrogens (tertiary/aromatic N) is 1. The van der Waals surface area contributed by atoms with Gasteiger partial charge in [0.05, 0.1) is 0 Å². The molecule has 0 saturated carbocycles. The third-order valence-electron chi connectivity index (χ3n) is 5.38. The third-order valence-corrected chi connectivity index (χ3v) is 5.38. The van der Waals surface area contributed by atoms with Crippen molar-refractivity contribution in [1.29, 1.82) is 0 Å². The van der Waals surface area contributed by atoms with E-state index in [1.807, 2.05) is 24.3 Å². The molecule has 0 aromatic heterocycles. The van der Waals surface area contributed by atoms with Crippen molar-refractivity contribution < 1.29 is 19.2 Å². The van der Waals surface area contributed by atoms with Crippen molar-refractivity contribution in [1.82, 2.24) is 15.5 Å². The van der Waals surface area contributed by atoms with Gasteiger partial charge in [0.1, 0.15) is 12.1 Å². The van der Waals surface area contributed by atoms with E-state index in [2.05, 4.69) is 16.0 Å². The number of amides is 5. The van der Waals surface area contributed by atoms with Crippen LogP contribution in [-0.2, 0) is 21.5 Å². The molecule has 8 nitrogen and oxygen atoms in total. The number of carbonyl (C=O) groups is 4. The Balaban J connectivity index is 1.46. The maximum absolute atomic E-state index is 13.1. The number of carbonyl (C=O) groups excluding carboxylic acids is 4. The first-order valence-electron chi connectivity index (χ1n) is 9.29. The molecular formula is C21H20N4O4. The molecule has 1 atom stereocenters. The van der Waals surface area contributed by atoms with E-state index in [9.17, 15) is 19.2 Å². The topological polar surface area (TPSA) is 108 Å². The summed E-state index contributed by atoms with van der Waals surface area (Å²) in [6, 6.07) is 13.3. The predicted molar refractivity (Wildman–Crippen MR) is 105 cm³/mol. The van der Waals surface area contributed by atoms with Crippen LogP contribution in [0.4, 0.5) is 10.5 Å². The SMILES string of the molecule is CNC(=O)c1ccc(NC(=O)CN2C(=O)N[C@@]3(CCc4ccccc43)C2=O)cc1. The second kappa shape index (κ2) is 7.05. The zero-order valence-electron chi connectivity index (χ0n) is 15.8. The molecule has 2 aromatic carbocycles. The van der Waals surface area contributed by atoms with Crippen LogP contribution in [0, 0.1) is 0 Å². The average molecular weight is 392 g/mol. The monoisotopic (exact) mass is 392 g/mol. The molecule has 0 unspecified atom stereocenters. The van der Waals surface area contributed by atoms with Gasteiger partial charge >= 0.3 is 6.03 Å². The van der Waals surface area contributed by atoms with E-state index in [-0.39, 0.29) is 12.5 Å². The van der Waals surface area contributed by atoms with Gasteiger partial charge in [-0.2, -0.15) is 0 Å². The molecular weight excluding hydrogens is 372 g/mol. The van der Waals surface area contributed by atoms with Crippen LogP contribution in [0.15, 0.2) is 48.5 Å². The fourth-order valence-corrected chi connectivity index (χ4v) is 3.93. The van der Waals surface area contributed by atoms with Gasteiger partial charge in [-0.15, -0.1) is 0 Å². The molecule has 148 valence electrons. The summed E-state index contributed by atoms with van der Waals surface area (Å²) >= 11 is 0. The largest absolute Gasteiger partial charge is 0.355 e. The second-order valence-electron chi connectivity index (χ2n) is 7.09. The van der Waals surface area contributed by atoms with Gasteiger partial charge in [0.2, 0.25) is 5.91 Å². The molecule has 2 aliphatic rings. The van der Waals surface area contributed by atoms with Crippen LogP contribution in [-0.4, -0.2) is 42.2 Å². The molecule has 4 rings (SSSR count).